The molecule has 0 radical (unpaired) electrons. The van der Waals surface area contributed by atoms with E-state index in [-0.39, 0.29) is 44.5 Å². The Balaban J connectivity index is 0.00000462. The van der Waals surface area contributed by atoms with Crippen LogP contribution in [0.25, 0.3) is 0 Å². The highest BCUT2D eigenvalue weighted by molar-refractivity contribution is 6.02. The van der Waals surface area contributed by atoms with E-state index in [1.807, 2.05) is 0 Å². The molecular weight excluding hydrogens is 362 g/mol. The van der Waals surface area contributed by atoms with Crippen molar-refractivity contribution in [3.63, 3.8) is 0 Å². The summed E-state index contributed by atoms with van der Waals surface area (Å²) >= 11 is 0. The number of hydrogen-bond acceptors (Lipinski definition) is 4. The first kappa shape index (κ1) is 10.6. The summed E-state index contributed by atoms with van der Waals surface area (Å²) in [6, 6.07) is 10.4. The summed E-state index contributed by atoms with van der Waals surface area (Å²) in [6.07, 6.45) is -4.63. The fourth-order valence-corrected chi connectivity index (χ4v) is 3.63. The maximum absolute atomic E-state index is 13.5. The molecule has 29 heavy (non-hydrogen) atoms. The van der Waals surface area contributed by atoms with Gasteiger partial charge >= 0.3 is 0 Å². The summed E-state index contributed by atoms with van der Waals surface area (Å²) in [5.74, 6) is -4.71. The number of ketones is 1. The number of carbonyl (C=O) groups excluding carboxylic acids is 1. The molecule has 0 bridgehead atoms. The molecule has 0 spiro atoms. The second-order valence-electron chi connectivity index (χ2n) is 6.90. The van der Waals surface area contributed by atoms with Crippen LogP contribution in [0.5, 0.6) is 11.5 Å². The van der Waals surface area contributed by atoms with Crippen LogP contribution < -0.4 is 9.47 Å². The Labute approximate surface area is 191 Å². The van der Waals surface area contributed by atoms with Gasteiger partial charge in [-0.3, -0.25) is 9.69 Å². The summed E-state index contributed by atoms with van der Waals surface area (Å²) in [4.78, 5) is 15.1. The monoisotopic (exact) mass is 407 g/mol. The molecule has 1 aliphatic carbocycles. The number of carbonyl (C=O) groups is 1. The second kappa shape index (κ2) is 9.45. The van der Waals surface area contributed by atoms with Crippen molar-refractivity contribution < 1.29 is 30.7 Å². The van der Waals surface area contributed by atoms with Crippen molar-refractivity contribution in [2.24, 2.45) is 11.8 Å². The number of ether oxygens (including phenoxy) is 2. The molecule has 2 aromatic carbocycles. The number of piperidine rings is 1. The van der Waals surface area contributed by atoms with E-state index in [0.29, 0.717) is 5.56 Å². The quantitative estimate of drug-likeness (QED) is 0.676. The van der Waals surface area contributed by atoms with Gasteiger partial charge in [-0.25, -0.2) is 0 Å². The van der Waals surface area contributed by atoms with E-state index in [9.17, 15) is 4.79 Å². The Morgan fingerprint density at radius 3 is 2.52 bits per heavy atom. The van der Waals surface area contributed by atoms with E-state index in [1.54, 1.807) is 35.2 Å². The normalized spacial score (nSPS) is 29.2. The van der Waals surface area contributed by atoms with Crippen molar-refractivity contribution in [2.45, 2.75) is 39.5 Å². The SMILES string of the molecule is C.[2H]C([2H])([2H])Oc1cc2c(cc1OC([2H])([2H])[2H])C([2H])([2H])C(C([2H])([2H])C1CCN(C([2H])([2H])c3ccccc3)CC1)C2=O. The predicted molar refractivity (Wildman–Crippen MR) is 117 cm³/mol. The molecule has 1 unspecified atom stereocenters. The highest BCUT2D eigenvalue weighted by atomic mass is 16.5. The van der Waals surface area contributed by atoms with Crippen molar-refractivity contribution in [2.75, 3.05) is 27.2 Å². The lowest BCUT2D eigenvalue weighted by molar-refractivity contribution is 0.0895. The van der Waals surface area contributed by atoms with E-state index >= 15 is 0 Å². The summed E-state index contributed by atoms with van der Waals surface area (Å²) in [7, 11) is -6.07. The molecule has 156 valence electrons. The smallest absolute Gasteiger partial charge is 0.166 e. The van der Waals surface area contributed by atoms with Gasteiger partial charge in [0.2, 0.25) is 0 Å². The van der Waals surface area contributed by atoms with E-state index in [4.69, 9.17) is 25.9 Å². The highest BCUT2D eigenvalue weighted by Gasteiger charge is 2.34. The molecule has 0 saturated carbocycles. The Hall–Kier alpha value is -2.33. The average molecular weight is 408 g/mol. The largest absolute Gasteiger partial charge is 0.493 e. The standard InChI is InChI=1S/C24H29NO3.CH4/c1-27-22-14-19-13-20(24(26)21(19)15-23(22)28-2)12-17-8-10-25(11-9-17)16-18-6-4-3-5-7-18;/h3-7,14-15,17,20H,8-13,16H2,1-2H3;1H4/i1D3,2D3,12D2,13D2,16D2;. The molecule has 0 N–H and O–H groups in total. The van der Waals surface area contributed by atoms with Crippen molar-refractivity contribution in [1.82, 2.24) is 4.90 Å². The van der Waals surface area contributed by atoms with Crippen molar-refractivity contribution in [3.8, 4) is 11.5 Å². The zero-order chi connectivity index (χ0) is 29.9. The fourth-order valence-electron chi connectivity index (χ4n) is 3.63. The van der Waals surface area contributed by atoms with Gasteiger partial charge in [0.05, 0.1) is 22.3 Å². The first-order chi connectivity index (χ1) is 18.2. The molecule has 2 aliphatic rings. The molecule has 2 aromatic rings. The zero-order valence-corrected chi connectivity index (χ0v) is 15.2. The minimum atomic E-state index is -3.04. The molecule has 1 saturated heterocycles. The minimum Gasteiger partial charge on any atom is -0.493 e. The van der Waals surface area contributed by atoms with Crippen molar-refractivity contribution in [3.05, 3.63) is 59.2 Å². The van der Waals surface area contributed by atoms with E-state index in [2.05, 4.69) is 0 Å². The van der Waals surface area contributed by atoms with Crippen LogP contribution in [0.3, 0.4) is 0 Å². The first-order valence-corrected chi connectivity index (χ1v) is 9.16. The van der Waals surface area contributed by atoms with Gasteiger partial charge in [-0.15, -0.1) is 0 Å². The number of benzene rings is 2. The van der Waals surface area contributed by atoms with Gasteiger partial charge in [0.25, 0.3) is 0 Å². The zero-order valence-electron chi connectivity index (χ0n) is 27.2. The van der Waals surface area contributed by atoms with Crippen LogP contribution in [0.15, 0.2) is 42.5 Å². The Bertz CT molecular complexity index is 1250. The number of hydrogen-bond donors (Lipinski definition) is 0. The summed E-state index contributed by atoms with van der Waals surface area (Å²) in [5.41, 5.74) is -0.172. The average Bonchev–Trinajstić information content (AvgIpc) is 3.02. The molecule has 1 heterocycles. The number of fused-ring (bicyclic) bond motifs is 1. The molecular formula is C25H33NO3. The van der Waals surface area contributed by atoms with Crippen LogP contribution in [0.4, 0.5) is 0 Å². The van der Waals surface area contributed by atoms with Crippen molar-refractivity contribution in [1.29, 1.82) is 0 Å². The lowest BCUT2D eigenvalue weighted by Gasteiger charge is -2.32. The summed E-state index contributed by atoms with van der Waals surface area (Å²) in [6.45, 7) is -1.45. The van der Waals surface area contributed by atoms with E-state index in [0.717, 1.165) is 12.1 Å². The van der Waals surface area contributed by atoms with Crippen LogP contribution in [-0.2, 0) is 12.9 Å². The molecule has 0 amide bonds. The summed E-state index contributed by atoms with van der Waals surface area (Å²) in [5, 5.41) is 0. The van der Waals surface area contributed by atoms with Gasteiger partial charge in [-0.05, 0) is 67.9 Å². The number of likely N-dealkylation sites (tertiary alicyclic amines) is 1. The number of methoxy groups -OCH3 is 2. The van der Waals surface area contributed by atoms with Crippen LogP contribution >= 0.6 is 0 Å². The maximum Gasteiger partial charge on any atom is 0.166 e. The maximum atomic E-state index is 13.5. The molecule has 1 atom stereocenters. The highest BCUT2D eigenvalue weighted by Crippen LogP contribution is 2.39. The van der Waals surface area contributed by atoms with E-state index in [1.165, 1.54) is 0 Å². The molecule has 1 fully saturated rings. The summed E-state index contributed by atoms with van der Waals surface area (Å²) < 4.78 is 106. The Morgan fingerprint density at radius 2 is 1.83 bits per heavy atom. The molecule has 1 aliphatic heterocycles. The van der Waals surface area contributed by atoms with Gasteiger partial charge in [0.15, 0.2) is 17.3 Å². The van der Waals surface area contributed by atoms with Gasteiger partial charge in [-0.2, -0.15) is 0 Å². The number of Topliss-reactive ketones (excluding diaryl/α,β-unsaturated/α-hetero) is 1. The lowest BCUT2D eigenvalue weighted by Crippen LogP contribution is -2.34. The van der Waals surface area contributed by atoms with Crippen LogP contribution in [0.2, 0.25) is 0 Å². The molecule has 4 rings (SSSR count). The van der Waals surface area contributed by atoms with Crippen LogP contribution in [0.1, 0.15) is 64.6 Å². The second-order valence-corrected chi connectivity index (χ2v) is 6.90. The third-order valence-corrected chi connectivity index (χ3v) is 5.09. The molecule has 4 heteroatoms. The minimum absolute atomic E-state index is 0. The third-order valence-electron chi connectivity index (χ3n) is 5.09. The van der Waals surface area contributed by atoms with Gasteiger partial charge in [0.1, 0.15) is 0 Å². The van der Waals surface area contributed by atoms with Crippen LogP contribution in [-0.4, -0.2) is 37.8 Å². The topological polar surface area (TPSA) is 38.8 Å². The van der Waals surface area contributed by atoms with Gasteiger partial charge in [0, 0.05) is 26.2 Å². The fraction of sp³-hybridized carbons (Fsp3) is 0.480. The molecule has 0 aromatic heterocycles. The predicted octanol–water partition coefficient (Wildman–Crippen LogP) is 5.00. The lowest BCUT2D eigenvalue weighted by atomic mass is 9.85. The Kier molecular flexibility index (Phi) is 3.46. The third kappa shape index (κ3) is 4.64. The number of rotatable bonds is 6. The van der Waals surface area contributed by atoms with Gasteiger partial charge < -0.3 is 9.47 Å². The van der Waals surface area contributed by atoms with E-state index < -0.39 is 62.4 Å². The Morgan fingerprint density at radius 1 is 1.14 bits per heavy atom. The van der Waals surface area contributed by atoms with Crippen molar-refractivity contribution >= 4 is 5.78 Å². The first-order valence-electron chi connectivity index (χ1n) is 15.2. The van der Waals surface area contributed by atoms with Gasteiger partial charge in [-0.1, -0.05) is 37.8 Å². The number of nitrogens with zero attached hydrogens (tertiary/aromatic N) is 1. The molecule has 4 nitrogen and oxygen atoms in total. The van der Waals surface area contributed by atoms with Crippen LogP contribution in [0, 0.1) is 11.8 Å².